The molecule has 1 aliphatic heterocycles. The van der Waals surface area contributed by atoms with Gasteiger partial charge in [-0.3, -0.25) is 0 Å². The van der Waals surface area contributed by atoms with E-state index in [-0.39, 0.29) is 4.90 Å². The standard InChI is InChI=1S/C18H22N2O3S2/c1-15-4-6-16(7-5-15)23-12-13-24-18-9-8-17(14-19-18)25(21,22)20-10-2-3-11-20/h4-9,14H,2-3,10-13H2,1H3. The maximum absolute atomic E-state index is 12.4. The molecule has 1 fully saturated rings. The molecular weight excluding hydrogens is 356 g/mol. The Morgan fingerprint density at radius 3 is 2.48 bits per heavy atom. The molecule has 0 saturated carbocycles. The molecule has 1 aromatic carbocycles. The number of thioether (sulfide) groups is 1. The Kier molecular flexibility index (Phi) is 5.98. The lowest BCUT2D eigenvalue weighted by Gasteiger charge is -2.15. The van der Waals surface area contributed by atoms with E-state index in [0.717, 1.165) is 29.4 Å². The summed E-state index contributed by atoms with van der Waals surface area (Å²) in [6.07, 6.45) is 3.32. The molecule has 0 bridgehead atoms. The van der Waals surface area contributed by atoms with Gasteiger partial charge >= 0.3 is 0 Å². The number of hydrogen-bond donors (Lipinski definition) is 0. The van der Waals surface area contributed by atoms with E-state index >= 15 is 0 Å². The van der Waals surface area contributed by atoms with Crippen LogP contribution < -0.4 is 4.74 Å². The Balaban J connectivity index is 1.50. The lowest BCUT2D eigenvalue weighted by Crippen LogP contribution is -2.27. The first-order valence-corrected chi connectivity index (χ1v) is 10.8. The van der Waals surface area contributed by atoms with Crippen LogP contribution in [-0.4, -0.2) is 43.2 Å². The SMILES string of the molecule is Cc1ccc(OCCSc2ccc(S(=O)(=O)N3CCCC3)cn2)cc1. The summed E-state index contributed by atoms with van der Waals surface area (Å²) in [4.78, 5) is 4.55. The molecule has 2 aromatic rings. The van der Waals surface area contributed by atoms with E-state index in [9.17, 15) is 8.42 Å². The maximum Gasteiger partial charge on any atom is 0.244 e. The number of sulfonamides is 1. The van der Waals surface area contributed by atoms with Crippen LogP contribution in [0.3, 0.4) is 0 Å². The van der Waals surface area contributed by atoms with Crippen LogP contribution in [0.15, 0.2) is 52.5 Å². The molecule has 5 nitrogen and oxygen atoms in total. The smallest absolute Gasteiger partial charge is 0.244 e. The van der Waals surface area contributed by atoms with Gasteiger partial charge in [-0.25, -0.2) is 13.4 Å². The quantitative estimate of drug-likeness (QED) is 0.546. The van der Waals surface area contributed by atoms with E-state index < -0.39 is 10.0 Å². The topological polar surface area (TPSA) is 59.5 Å². The van der Waals surface area contributed by atoms with E-state index in [1.807, 2.05) is 31.2 Å². The largest absolute Gasteiger partial charge is 0.493 e. The molecule has 1 aliphatic rings. The molecular formula is C18H22N2O3S2. The zero-order valence-electron chi connectivity index (χ0n) is 14.2. The van der Waals surface area contributed by atoms with Crippen molar-refractivity contribution < 1.29 is 13.2 Å². The number of aryl methyl sites for hydroxylation is 1. The summed E-state index contributed by atoms with van der Waals surface area (Å²) in [7, 11) is -3.38. The van der Waals surface area contributed by atoms with Crippen LogP contribution in [0.2, 0.25) is 0 Å². The summed E-state index contributed by atoms with van der Waals surface area (Å²) in [5, 5.41) is 0.799. The highest BCUT2D eigenvalue weighted by Gasteiger charge is 2.27. The minimum Gasteiger partial charge on any atom is -0.493 e. The summed E-state index contributed by atoms with van der Waals surface area (Å²) in [5.41, 5.74) is 1.20. The second-order valence-corrected chi connectivity index (χ2v) is 9.01. The summed E-state index contributed by atoms with van der Waals surface area (Å²) in [6, 6.07) is 11.4. The molecule has 7 heteroatoms. The molecule has 0 spiro atoms. The molecule has 0 aliphatic carbocycles. The highest BCUT2D eigenvalue weighted by atomic mass is 32.2. The third-order valence-corrected chi connectivity index (χ3v) is 6.83. The Morgan fingerprint density at radius 1 is 1.12 bits per heavy atom. The minimum atomic E-state index is -3.38. The van der Waals surface area contributed by atoms with Crippen molar-refractivity contribution in [3.8, 4) is 5.75 Å². The first kappa shape index (κ1) is 18.2. The molecule has 0 atom stereocenters. The van der Waals surface area contributed by atoms with Crippen molar-refractivity contribution in [3.05, 3.63) is 48.2 Å². The highest BCUT2D eigenvalue weighted by molar-refractivity contribution is 7.99. The zero-order chi connectivity index (χ0) is 17.7. The summed E-state index contributed by atoms with van der Waals surface area (Å²) < 4.78 is 32.1. The minimum absolute atomic E-state index is 0.273. The van der Waals surface area contributed by atoms with Crippen LogP contribution in [0.4, 0.5) is 0 Å². The van der Waals surface area contributed by atoms with Crippen molar-refractivity contribution in [2.24, 2.45) is 0 Å². The van der Waals surface area contributed by atoms with E-state index in [1.54, 1.807) is 23.9 Å². The highest BCUT2D eigenvalue weighted by Crippen LogP contribution is 2.22. The molecule has 3 rings (SSSR count). The zero-order valence-corrected chi connectivity index (χ0v) is 15.9. The first-order valence-electron chi connectivity index (χ1n) is 8.34. The maximum atomic E-state index is 12.4. The normalized spacial score (nSPS) is 15.4. The fourth-order valence-electron chi connectivity index (χ4n) is 2.62. The van der Waals surface area contributed by atoms with Crippen LogP contribution in [-0.2, 0) is 10.0 Å². The predicted octanol–water partition coefficient (Wildman–Crippen LogP) is 3.35. The van der Waals surface area contributed by atoms with Gasteiger partial charge in [0.15, 0.2) is 0 Å². The fraction of sp³-hybridized carbons (Fsp3) is 0.389. The number of aromatic nitrogens is 1. The van der Waals surface area contributed by atoms with Gasteiger partial charge in [-0.2, -0.15) is 4.31 Å². The number of hydrogen-bond acceptors (Lipinski definition) is 5. The Hall–Kier alpha value is -1.57. The van der Waals surface area contributed by atoms with Crippen LogP contribution >= 0.6 is 11.8 Å². The fourth-order valence-corrected chi connectivity index (χ4v) is 4.75. The molecule has 1 saturated heterocycles. The monoisotopic (exact) mass is 378 g/mol. The second kappa shape index (κ2) is 8.21. The van der Waals surface area contributed by atoms with E-state index in [0.29, 0.717) is 19.7 Å². The van der Waals surface area contributed by atoms with Gasteiger partial charge in [-0.05, 0) is 44.0 Å². The van der Waals surface area contributed by atoms with Crippen LogP contribution in [0.25, 0.3) is 0 Å². The molecule has 0 unspecified atom stereocenters. The summed E-state index contributed by atoms with van der Waals surface area (Å²) in [6.45, 7) is 3.83. The van der Waals surface area contributed by atoms with Gasteiger partial charge in [0.1, 0.15) is 10.6 Å². The van der Waals surface area contributed by atoms with Gasteiger partial charge in [-0.15, -0.1) is 11.8 Å². The lowest BCUT2D eigenvalue weighted by molar-refractivity contribution is 0.344. The van der Waals surface area contributed by atoms with Gasteiger partial charge in [0.25, 0.3) is 0 Å². The Morgan fingerprint density at radius 2 is 1.84 bits per heavy atom. The molecule has 0 radical (unpaired) electrons. The van der Waals surface area contributed by atoms with Crippen LogP contribution in [0, 0.1) is 6.92 Å². The van der Waals surface area contributed by atoms with Crippen molar-refractivity contribution in [1.29, 1.82) is 0 Å². The van der Waals surface area contributed by atoms with E-state index in [1.165, 1.54) is 16.1 Å². The van der Waals surface area contributed by atoms with Crippen LogP contribution in [0.5, 0.6) is 5.75 Å². The average molecular weight is 379 g/mol. The van der Waals surface area contributed by atoms with Gasteiger partial charge in [-0.1, -0.05) is 17.7 Å². The van der Waals surface area contributed by atoms with Crippen LogP contribution in [0.1, 0.15) is 18.4 Å². The number of pyridine rings is 1. The third-order valence-electron chi connectivity index (χ3n) is 4.04. The Labute approximate surface area is 153 Å². The van der Waals surface area contributed by atoms with E-state index in [2.05, 4.69) is 4.98 Å². The molecule has 2 heterocycles. The number of ether oxygens (including phenoxy) is 1. The second-order valence-electron chi connectivity index (χ2n) is 5.95. The molecule has 25 heavy (non-hydrogen) atoms. The molecule has 0 N–H and O–H groups in total. The average Bonchev–Trinajstić information content (AvgIpc) is 3.16. The number of benzene rings is 1. The number of nitrogens with zero attached hydrogens (tertiary/aromatic N) is 2. The van der Waals surface area contributed by atoms with Crippen molar-refractivity contribution in [2.45, 2.75) is 29.7 Å². The summed E-state index contributed by atoms with van der Waals surface area (Å²) >= 11 is 1.55. The first-order chi connectivity index (χ1) is 12.1. The predicted molar refractivity (Wildman–Crippen MR) is 99.6 cm³/mol. The molecule has 134 valence electrons. The van der Waals surface area contributed by atoms with Crippen molar-refractivity contribution >= 4 is 21.8 Å². The van der Waals surface area contributed by atoms with Gasteiger partial charge in [0.2, 0.25) is 10.0 Å². The molecule has 0 amide bonds. The van der Waals surface area contributed by atoms with Crippen molar-refractivity contribution in [2.75, 3.05) is 25.4 Å². The van der Waals surface area contributed by atoms with E-state index in [4.69, 9.17) is 4.74 Å². The van der Waals surface area contributed by atoms with Gasteiger partial charge in [0, 0.05) is 25.0 Å². The lowest BCUT2D eigenvalue weighted by atomic mass is 10.2. The third kappa shape index (κ3) is 4.74. The Bertz CT molecular complexity index is 784. The number of rotatable bonds is 7. The summed E-state index contributed by atoms with van der Waals surface area (Å²) in [5.74, 6) is 1.60. The molecule has 1 aromatic heterocycles. The van der Waals surface area contributed by atoms with Crippen molar-refractivity contribution in [1.82, 2.24) is 9.29 Å². The van der Waals surface area contributed by atoms with Crippen molar-refractivity contribution in [3.63, 3.8) is 0 Å². The van der Waals surface area contributed by atoms with Gasteiger partial charge < -0.3 is 4.74 Å². The van der Waals surface area contributed by atoms with Gasteiger partial charge in [0.05, 0.1) is 11.6 Å².